The molecule has 0 fully saturated rings. The summed E-state index contributed by atoms with van der Waals surface area (Å²) in [5, 5.41) is 12.4. The number of carbonyl (C=O) groups is 2. The summed E-state index contributed by atoms with van der Waals surface area (Å²) in [5.41, 5.74) is 1.45. The Labute approximate surface area is 146 Å². The highest BCUT2D eigenvalue weighted by Crippen LogP contribution is 2.11. The molecule has 134 valence electrons. The highest BCUT2D eigenvalue weighted by molar-refractivity contribution is 5.94. The van der Waals surface area contributed by atoms with Crippen molar-refractivity contribution in [3.8, 4) is 0 Å². The van der Waals surface area contributed by atoms with E-state index < -0.39 is 5.82 Å². The summed E-state index contributed by atoms with van der Waals surface area (Å²) in [4.78, 5) is 24.3. The smallest absolute Gasteiger partial charge is 0.271 e. The van der Waals surface area contributed by atoms with Crippen LogP contribution in [0, 0.1) is 5.82 Å². The number of nitrogens with zero attached hydrogens (tertiary/aromatic N) is 1. The van der Waals surface area contributed by atoms with E-state index in [4.69, 9.17) is 0 Å². The van der Waals surface area contributed by atoms with Crippen LogP contribution in [0.5, 0.6) is 0 Å². The predicted octanol–water partition coefficient (Wildman–Crippen LogP) is 2.61. The van der Waals surface area contributed by atoms with E-state index in [1.807, 2.05) is 20.8 Å². The highest BCUT2D eigenvalue weighted by atomic mass is 19.1. The number of aromatic amines is 1. The van der Waals surface area contributed by atoms with Crippen LogP contribution in [0.3, 0.4) is 0 Å². The summed E-state index contributed by atoms with van der Waals surface area (Å²) in [6.07, 6.45) is 0.624. The van der Waals surface area contributed by atoms with Crippen molar-refractivity contribution >= 4 is 11.8 Å². The maximum atomic E-state index is 13.2. The summed E-state index contributed by atoms with van der Waals surface area (Å²) >= 11 is 0. The Morgan fingerprint density at radius 3 is 2.60 bits per heavy atom. The Hall–Kier alpha value is -2.70. The molecule has 0 radical (unpaired) electrons. The number of benzene rings is 1. The summed E-state index contributed by atoms with van der Waals surface area (Å²) < 4.78 is 13.2. The molecule has 0 bridgehead atoms. The fourth-order valence-electron chi connectivity index (χ4n) is 2.25. The highest BCUT2D eigenvalue weighted by Gasteiger charge is 2.16. The van der Waals surface area contributed by atoms with Gasteiger partial charge < -0.3 is 10.6 Å². The van der Waals surface area contributed by atoms with E-state index in [-0.39, 0.29) is 35.9 Å². The second kappa shape index (κ2) is 8.41. The normalized spacial score (nSPS) is 12.0. The van der Waals surface area contributed by atoms with Crippen molar-refractivity contribution in [2.45, 2.75) is 39.2 Å². The zero-order valence-electron chi connectivity index (χ0n) is 14.6. The van der Waals surface area contributed by atoms with Gasteiger partial charge in [-0.1, -0.05) is 26.8 Å². The number of rotatable bonds is 7. The average molecular weight is 346 g/mol. The van der Waals surface area contributed by atoms with Gasteiger partial charge in [-0.2, -0.15) is 5.10 Å². The lowest BCUT2D eigenvalue weighted by atomic mass is 10.1. The third-order valence-corrected chi connectivity index (χ3v) is 3.88. The Morgan fingerprint density at radius 2 is 2.00 bits per heavy atom. The van der Waals surface area contributed by atoms with E-state index in [2.05, 4.69) is 20.8 Å². The van der Waals surface area contributed by atoms with Crippen LogP contribution >= 0.6 is 0 Å². The number of aromatic nitrogens is 2. The van der Waals surface area contributed by atoms with Crippen LogP contribution in [0.4, 0.5) is 4.39 Å². The molecule has 6 nitrogen and oxygen atoms in total. The van der Waals surface area contributed by atoms with Crippen LogP contribution in [0.1, 0.15) is 59.7 Å². The molecule has 2 amide bonds. The van der Waals surface area contributed by atoms with Crippen molar-refractivity contribution in [3.05, 3.63) is 53.1 Å². The Morgan fingerprint density at radius 1 is 1.24 bits per heavy atom. The third-order valence-electron chi connectivity index (χ3n) is 3.88. The van der Waals surface area contributed by atoms with Crippen LogP contribution in [-0.4, -0.2) is 34.6 Å². The number of H-pyrrole nitrogens is 1. The summed E-state index contributed by atoms with van der Waals surface area (Å²) in [7, 11) is 0. The monoisotopic (exact) mass is 346 g/mol. The second-order valence-electron chi connectivity index (χ2n) is 6.16. The molecule has 3 N–H and O–H groups in total. The lowest BCUT2D eigenvalue weighted by Crippen LogP contribution is -2.43. The van der Waals surface area contributed by atoms with Crippen molar-refractivity contribution in [3.63, 3.8) is 0 Å². The maximum absolute atomic E-state index is 13.2. The number of amides is 2. The predicted molar refractivity (Wildman–Crippen MR) is 93.0 cm³/mol. The fourth-order valence-corrected chi connectivity index (χ4v) is 2.25. The zero-order valence-corrected chi connectivity index (χ0v) is 14.6. The first-order valence-corrected chi connectivity index (χ1v) is 8.30. The molecule has 2 aromatic rings. The standard InChI is InChI=1S/C18H23FN4O2/c1-4-14(21-17(24)12-6-5-7-13(19)8-12)10-20-18(25)16-9-15(11(2)3)22-23-16/h5-9,11,14H,4,10H2,1-3H3,(H,20,25)(H,21,24)(H,22,23). The van der Waals surface area contributed by atoms with Gasteiger partial charge in [-0.25, -0.2) is 4.39 Å². The molecule has 1 unspecified atom stereocenters. The van der Waals surface area contributed by atoms with E-state index in [0.717, 1.165) is 5.69 Å². The molecule has 2 rings (SSSR count). The average Bonchev–Trinajstić information content (AvgIpc) is 3.08. The molecule has 25 heavy (non-hydrogen) atoms. The molecule has 0 aliphatic heterocycles. The summed E-state index contributed by atoms with van der Waals surface area (Å²) in [6, 6.07) is 6.94. The van der Waals surface area contributed by atoms with Gasteiger partial charge >= 0.3 is 0 Å². The van der Waals surface area contributed by atoms with Gasteiger partial charge in [0, 0.05) is 23.8 Å². The van der Waals surface area contributed by atoms with Gasteiger partial charge in [0.1, 0.15) is 11.5 Å². The second-order valence-corrected chi connectivity index (χ2v) is 6.16. The van der Waals surface area contributed by atoms with Crippen LogP contribution in [0.2, 0.25) is 0 Å². The number of hydrogen-bond acceptors (Lipinski definition) is 3. The van der Waals surface area contributed by atoms with Crippen LogP contribution in [0.25, 0.3) is 0 Å². The van der Waals surface area contributed by atoms with Crippen molar-refractivity contribution in [1.29, 1.82) is 0 Å². The number of hydrogen-bond donors (Lipinski definition) is 3. The first-order chi connectivity index (χ1) is 11.9. The lowest BCUT2D eigenvalue weighted by molar-refractivity contribution is 0.0905. The first-order valence-electron chi connectivity index (χ1n) is 8.30. The van der Waals surface area contributed by atoms with Crippen molar-refractivity contribution in [1.82, 2.24) is 20.8 Å². The zero-order chi connectivity index (χ0) is 18.4. The molecule has 1 aromatic heterocycles. The SMILES string of the molecule is CCC(CNC(=O)c1cc(C(C)C)[nH]n1)NC(=O)c1cccc(F)c1. The van der Waals surface area contributed by atoms with Crippen molar-refractivity contribution in [2.24, 2.45) is 0 Å². The van der Waals surface area contributed by atoms with Gasteiger partial charge in [0.2, 0.25) is 0 Å². The van der Waals surface area contributed by atoms with Crippen molar-refractivity contribution in [2.75, 3.05) is 6.54 Å². The van der Waals surface area contributed by atoms with E-state index in [9.17, 15) is 14.0 Å². The molecule has 0 aliphatic rings. The number of carbonyl (C=O) groups excluding carboxylic acids is 2. The minimum atomic E-state index is -0.464. The third kappa shape index (κ3) is 5.14. The van der Waals surface area contributed by atoms with E-state index in [0.29, 0.717) is 12.1 Å². The van der Waals surface area contributed by atoms with E-state index in [1.165, 1.54) is 18.2 Å². The van der Waals surface area contributed by atoms with Crippen LogP contribution < -0.4 is 10.6 Å². The molecule has 1 atom stereocenters. The molecule has 1 aromatic carbocycles. The first kappa shape index (κ1) is 18.6. The van der Waals surface area contributed by atoms with E-state index in [1.54, 1.807) is 12.1 Å². The number of nitrogens with one attached hydrogen (secondary N) is 3. The topological polar surface area (TPSA) is 86.9 Å². The Bertz CT molecular complexity index is 742. The molecule has 7 heteroatoms. The van der Waals surface area contributed by atoms with Gasteiger partial charge in [0.15, 0.2) is 0 Å². The van der Waals surface area contributed by atoms with E-state index >= 15 is 0 Å². The summed E-state index contributed by atoms with van der Waals surface area (Å²) in [6.45, 7) is 6.17. The quantitative estimate of drug-likeness (QED) is 0.720. The molecular formula is C18H23FN4O2. The summed E-state index contributed by atoms with van der Waals surface area (Å²) in [5.74, 6) is -0.888. The minimum absolute atomic E-state index is 0.249. The van der Waals surface area contributed by atoms with Crippen LogP contribution in [0.15, 0.2) is 30.3 Å². The molecule has 0 saturated heterocycles. The van der Waals surface area contributed by atoms with Gasteiger partial charge in [-0.3, -0.25) is 14.7 Å². The maximum Gasteiger partial charge on any atom is 0.271 e. The number of halogens is 1. The fraction of sp³-hybridized carbons (Fsp3) is 0.389. The Kier molecular flexibility index (Phi) is 6.27. The minimum Gasteiger partial charge on any atom is -0.349 e. The largest absolute Gasteiger partial charge is 0.349 e. The van der Waals surface area contributed by atoms with Crippen molar-refractivity contribution < 1.29 is 14.0 Å². The van der Waals surface area contributed by atoms with Gasteiger partial charge in [-0.05, 0) is 36.6 Å². The van der Waals surface area contributed by atoms with Gasteiger partial charge in [-0.15, -0.1) is 0 Å². The molecule has 0 spiro atoms. The molecule has 0 aliphatic carbocycles. The molecule has 1 heterocycles. The van der Waals surface area contributed by atoms with Crippen LogP contribution in [-0.2, 0) is 0 Å². The Balaban J connectivity index is 1.90. The molecular weight excluding hydrogens is 323 g/mol. The molecule has 0 saturated carbocycles. The lowest BCUT2D eigenvalue weighted by Gasteiger charge is -2.17. The van der Waals surface area contributed by atoms with Gasteiger partial charge in [0.05, 0.1) is 0 Å². The van der Waals surface area contributed by atoms with Gasteiger partial charge in [0.25, 0.3) is 11.8 Å².